The number of ether oxygens (including phenoxy) is 1. The summed E-state index contributed by atoms with van der Waals surface area (Å²) in [6, 6.07) is 8.50. The van der Waals surface area contributed by atoms with Crippen molar-refractivity contribution in [1.29, 1.82) is 0 Å². The van der Waals surface area contributed by atoms with Gasteiger partial charge in [0.2, 0.25) is 0 Å². The maximum absolute atomic E-state index is 12.4. The van der Waals surface area contributed by atoms with Crippen LogP contribution in [-0.4, -0.2) is 28.4 Å². The summed E-state index contributed by atoms with van der Waals surface area (Å²) in [5.41, 5.74) is 0.921. The minimum atomic E-state index is -0.553. The average Bonchev–Trinajstić information content (AvgIpc) is 2.96. The van der Waals surface area contributed by atoms with E-state index in [1.807, 2.05) is 13.8 Å². The molecule has 0 aliphatic carbocycles. The zero-order chi connectivity index (χ0) is 16.8. The van der Waals surface area contributed by atoms with Crippen molar-refractivity contribution >= 4 is 23.5 Å². The van der Waals surface area contributed by atoms with Crippen molar-refractivity contribution in [3.8, 4) is 0 Å². The van der Waals surface area contributed by atoms with Crippen molar-refractivity contribution in [3.05, 3.63) is 42.1 Å². The number of anilines is 2. The summed E-state index contributed by atoms with van der Waals surface area (Å²) in [7, 11) is 0. The Bertz CT molecular complexity index is 694. The second kappa shape index (κ2) is 7.44. The first-order valence-corrected chi connectivity index (χ1v) is 7.40. The van der Waals surface area contributed by atoms with E-state index in [4.69, 9.17) is 4.74 Å². The van der Waals surface area contributed by atoms with Crippen molar-refractivity contribution < 1.29 is 14.3 Å². The van der Waals surface area contributed by atoms with Crippen LogP contribution in [-0.2, 0) is 4.74 Å². The molecule has 7 heteroatoms. The highest BCUT2D eigenvalue weighted by Gasteiger charge is 2.12. The lowest BCUT2D eigenvalue weighted by atomic mass is 10.2. The Hall–Kier alpha value is -2.83. The molecule has 2 rings (SSSR count). The molecule has 2 N–H and O–H groups in total. The van der Waals surface area contributed by atoms with Crippen molar-refractivity contribution in [3.63, 3.8) is 0 Å². The summed E-state index contributed by atoms with van der Waals surface area (Å²) in [5, 5.41) is 9.55. The van der Waals surface area contributed by atoms with Crippen LogP contribution in [0, 0.1) is 0 Å². The fourth-order valence-corrected chi connectivity index (χ4v) is 2.04. The molecular weight excluding hydrogens is 296 g/mol. The number of aromatic nitrogens is 2. The summed E-state index contributed by atoms with van der Waals surface area (Å²) < 4.78 is 6.53. The van der Waals surface area contributed by atoms with Gasteiger partial charge in [-0.1, -0.05) is 6.07 Å². The number of carbonyl (C=O) groups excluding carboxylic acids is 2. The maximum Gasteiger partial charge on any atom is 0.411 e. The van der Waals surface area contributed by atoms with Gasteiger partial charge in [0.1, 0.15) is 5.82 Å². The molecule has 0 fully saturated rings. The Kier molecular flexibility index (Phi) is 5.35. The molecule has 1 aromatic heterocycles. The Labute approximate surface area is 134 Å². The number of hydrogen-bond acceptors (Lipinski definition) is 4. The van der Waals surface area contributed by atoms with Crippen molar-refractivity contribution in [1.82, 2.24) is 9.78 Å². The molecule has 2 amide bonds. The van der Waals surface area contributed by atoms with Gasteiger partial charge in [-0.2, -0.15) is 5.10 Å². The third kappa shape index (κ3) is 4.32. The van der Waals surface area contributed by atoms with Gasteiger partial charge in [-0.25, -0.2) is 9.48 Å². The molecule has 0 saturated carbocycles. The molecule has 23 heavy (non-hydrogen) atoms. The highest BCUT2D eigenvalue weighted by Crippen LogP contribution is 2.16. The van der Waals surface area contributed by atoms with Crippen LogP contribution in [0.3, 0.4) is 0 Å². The van der Waals surface area contributed by atoms with E-state index in [0.717, 1.165) is 0 Å². The predicted octanol–water partition coefficient (Wildman–Crippen LogP) is 3.28. The molecular formula is C16H20N4O3. The number of hydrogen-bond donors (Lipinski definition) is 2. The van der Waals surface area contributed by atoms with Crippen LogP contribution < -0.4 is 10.6 Å². The molecule has 0 radical (unpaired) electrons. The first kappa shape index (κ1) is 16.5. The van der Waals surface area contributed by atoms with Crippen molar-refractivity contribution in [2.75, 3.05) is 17.2 Å². The highest BCUT2D eigenvalue weighted by atomic mass is 16.5. The van der Waals surface area contributed by atoms with Gasteiger partial charge in [-0.05, 0) is 39.0 Å². The van der Waals surface area contributed by atoms with Gasteiger partial charge >= 0.3 is 6.09 Å². The van der Waals surface area contributed by atoms with E-state index >= 15 is 0 Å². The number of benzene rings is 1. The van der Waals surface area contributed by atoms with E-state index in [1.165, 1.54) is 0 Å². The van der Waals surface area contributed by atoms with E-state index < -0.39 is 6.09 Å². The predicted molar refractivity (Wildman–Crippen MR) is 87.7 cm³/mol. The van der Waals surface area contributed by atoms with Crippen molar-refractivity contribution in [2.45, 2.75) is 26.8 Å². The molecule has 0 saturated heterocycles. The molecule has 1 heterocycles. The van der Waals surface area contributed by atoms with Crippen LogP contribution in [0.2, 0.25) is 0 Å². The second-order valence-electron chi connectivity index (χ2n) is 5.14. The topological polar surface area (TPSA) is 85.2 Å². The Balaban J connectivity index is 2.10. The normalized spacial score (nSPS) is 10.4. The molecule has 0 unspecified atom stereocenters. The number of carbonyl (C=O) groups is 2. The summed E-state index contributed by atoms with van der Waals surface area (Å²) in [6.07, 6.45) is 1.08. The van der Waals surface area contributed by atoms with Gasteiger partial charge in [-0.3, -0.25) is 10.1 Å². The zero-order valence-electron chi connectivity index (χ0n) is 13.4. The SMILES string of the molecule is CCOC(=O)Nc1cccc(C(=O)Nc2ccnn2C(C)C)c1. The molecule has 0 spiro atoms. The smallest absolute Gasteiger partial charge is 0.411 e. The van der Waals surface area contributed by atoms with Gasteiger partial charge < -0.3 is 10.1 Å². The van der Waals surface area contributed by atoms with E-state index in [0.29, 0.717) is 17.1 Å². The summed E-state index contributed by atoms with van der Waals surface area (Å²) in [5.74, 6) is 0.341. The molecule has 2 aromatic rings. The first-order chi connectivity index (χ1) is 11.0. The third-order valence-electron chi connectivity index (χ3n) is 3.05. The number of amides is 2. The van der Waals surface area contributed by atoms with Gasteiger partial charge in [0.05, 0.1) is 12.8 Å². The Morgan fingerprint density at radius 1 is 1.26 bits per heavy atom. The van der Waals surface area contributed by atoms with Crippen LogP contribution in [0.5, 0.6) is 0 Å². The fraction of sp³-hybridized carbons (Fsp3) is 0.312. The summed E-state index contributed by atoms with van der Waals surface area (Å²) >= 11 is 0. The van der Waals surface area contributed by atoms with Gasteiger partial charge in [-0.15, -0.1) is 0 Å². The monoisotopic (exact) mass is 316 g/mol. The van der Waals surface area contributed by atoms with Gasteiger partial charge in [0.25, 0.3) is 5.91 Å². The lowest BCUT2D eigenvalue weighted by Crippen LogP contribution is -2.17. The number of nitrogens with one attached hydrogen (secondary N) is 2. The molecule has 0 aliphatic heterocycles. The molecule has 122 valence electrons. The number of rotatable bonds is 5. The molecule has 7 nitrogen and oxygen atoms in total. The highest BCUT2D eigenvalue weighted by molar-refractivity contribution is 6.04. The summed E-state index contributed by atoms with van der Waals surface area (Å²) in [6.45, 7) is 5.96. The zero-order valence-corrected chi connectivity index (χ0v) is 13.4. The standard InChI is InChI=1S/C16H20N4O3/c1-4-23-16(22)18-13-7-5-6-12(10-13)15(21)19-14-8-9-17-20(14)11(2)3/h5-11H,4H2,1-3H3,(H,18,22)(H,19,21). The number of nitrogens with zero attached hydrogens (tertiary/aromatic N) is 2. The van der Waals surface area contributed by atoms with Crippen LogP contribution in [0.1, 0.15) is 37.2 Å². The summed E-state index contributed by atoms with van der Waals surface area (Å²) in [4.78, 5) is 23.8. The average molecular weight is 316 g/mol. The van der Waals surface area contributed by atoms with Gasteiger partial charge in [0, 0.05) is 23.4 Å². The van der Waals surface area contributed by atoms with E-state index in [9.17, 15) is 9.59 Å². The Morgan fingerprint density at radius 2 is 2.04 bits per heavy atom. The second-order valence-corrected chi connectivity index (χ2v) is 5.14. The maximum atomic E-state index is 12.4. The molecule has 0 aliphatic rings. The first-order valence-electron chi connectivity index (χ1n) is 7.40. The van der Waals surface area contributed by atoms with Crippen LogP contribution >= 0.6 is 0 Å². The fourth-order valence-electron chi connectivity index (χ4n) is 2.04. The van der Waals surface area contributed by atoms with Crippen LogP contribution in [0.4, 0.5) is 16.3 Å². The lowest BCUT2D eigenvalue weighted by molar-refractivity contribution is 0.102. The van der Waals surface area contributed by atoms with Crippen LogP contribution in [0.25, 0.3) is 0 Å². The molecule has 0 atom stereocenters. The van der Waals surface area contributed by atoms with E-state index in [1.54, 1.807) is 48.1 Å². The van der Waals surface area contributed by atoms with Crippen LogP contribution in [0.15, 0.2) is 36.5 Å². The minimum Gasteiger partial charge on any atom is -0.450 e. The molecule has 0 bridgehead atoms. The minimum absolute atomic E-state index is 0.136. The lowest BCUT2D eigenvalue weighted by Gasteiger charge is -2.12. The third-order valence-corrected chi connectivity index (χ3v) is 3.05. The largest absolute Gasteiger partial charge is 0.450 e. The van der Waals surface area contributed by atoms with Gasteiger partial charge in [0.15, 0.2) is 0 Å². The molecule has 1 aromatic carbocycles. The van der Waals surface area contributed by atoms with E-state index in [-0.39, 0.29) is 18.6 Å². The Morgan fingerprint density at radius 3 is 2.74 bits per heavy atom. The van der Waals surface area contributed by atoms with Crippen molar-refractivity contribution in [2.24, 2.45) is 0 Å². The quantitative estimate of drug-likeness (QED) is 0.886. The van der Waals surface area contributed by atoms with E-state index in [2.05, 4.69) is 15.7 Å².